The highest BCUT2D eigenvalue weighted by Crippen LogP contribution is 2.34. The van der Waals surface area contributed by atoms with E-state index in [0.29, 0.717) is 48.7 Å². The quantitative estimate of drug-likeness (QED) is 0.583. The van der Waals surface area contributed by atoms with Crippen molar-refractivity contribution in [2.75, 3.05) is 26.4 Å². The maximum absolute atomic E-state index is 8.62. The van der Waals surface area contributed by atoms with Gasteiger partial charge in [0.15, 0.2) is 5.75 Å². The van der Waals surface area contributed by atoms with E-state index in [1.807, 2.05) is 42.5 Å². The number of rotatable bonds is 10. The third kappa shape index (κ3) is 7.82. The molecule has 4 nitrogen and oxygen atoms in total. The van der Waals surface area contributed by atoms with E-state index in [1.54, 1.807) is 0 Å². The molecular formula is C18H22Cl3NO3. The average Bonchev–Trinajstić information content (AvgIpc) is 2.58. The van der Waals surface area contributed by atoms with Gasteiger partial charge in [0.1, 0.15) is 6.61 Å². The standard InChI is InChI=1S/C18H21Cl2NO3.ClH/c19-16-10-15(12-21-6-8-23-9-7-22)11-17(20)18(16)24-13-14-4-2-1-3-5-14;/h1-5,10-11,21-22H,6-9,12-13H2;1H. The van der Waals surface area contributed by atoms with Gasteiger partial charge in [0.2, 0.25) is 0 Å². The maximum atomic E-state index is 8.62. The van der Waals surface area contributed by atoms with Gasteiger partial charge in [-0.1, -0.05) is 53.5 Å². The van der Waals surface area contributed by atoms with Crippen LogP contribution in [-0.2, 0) is 17.9 Å². The molecule has 0 aliphatic carbocycles. The fourth-order valence-electron chi connectivity index (χ4n) is 2.13. The highest BCUT2D eigenvalue weighted by atomic mass is 35.5. The molecule has 0 aliphatic rings. The van der Waals surface area contributed by atoms with E-state index < -0.39 is 0 Å². The van der Waals surface area contributed by atoms with Crippen LogP contribution in [0.25, 0.3) is 0 Å². The lowest BCUT2D eigenvalue weighted by Crippen LogP contribution is -2.20. The summed E-state index contributed by atoms with van der Waals surface area (Å²) in [6, 6.07) is 13.5. The predicted octanol–water partition coefficient (Wildman–Crippen LogP) is 4.09. The van der Waals surface area contributed by atoms with Crippen molar-refractivity contribution in [2.45, 2.75) is 13.2 Å². The molecule has 0 aromatic heterocycles. The van der Waals surface area contributed by atoms with Crippen molar-refractivity contribution >= 4 is 35.6 Å². The molecule has 2 rings (SSSR count). The van der Waals surface area contributed by atoms with Gasteiger partial charge in [-0.25, -0.2) is 0 Å². The Morgan fingerprint density at radius 1 is 0.960 bits per heavy atom. The van der Waals surface area contributed by atoms with Gasteiger partial charge in [-0.05, 0) is 23.3 Å². The molecule has 0 atom stereocenters. The van der Waals surface area contributed by atoms with E-state index in [4.69, 9.17) is 37.8 Å². The summed E-state index contributed by atoms with van der Waals surface area (Å²) in [7, 11) is 0. The molecule has 2 aromatic carbocycles. The fraction of sp³-hybridized carbons (Fsp3) is 0.333. The van der Waals surface area contributed by atoms with Gasteiger partial charge in [-0.2, -0.15) is 0 Å². The zero-order valence-corrected chi connectivity index (χ0v) is 16.0. The van der Waals surface area contributed by atoms with Gasteiger partial charge in [-0.3, -0.25) is 0 Å². The zero-order chi connectivity index (χ0) is 17.2. The molecule has 0 aliphatic heterocycles. The number of ether oxygens (including phenoxy) is 2. The summed E-state index contributed by atoms with van der Waals surface area (Å²) in [4.78, 5) is 0. The minimum absolute atomic E-state index is 0. The number of benzene rings is 2. The molecule has 0 fully saturated rings. The molecule has 0 heterocycles. The Kier molecular flexibility index (Phi) is 10.9. The topological polar surface area (TPSA) is 50.7 Å². The SMILES string of the molecule is Cl.OCCOCCNCc1cc(Cl)c(OCc2ccccc2)c(Cl)c1. The smallest absolute Gasteiger partial charge is 0.156 e. The van der Waals surface area contributed by atoms with E-state index in [-0.39, 0.29) is 19.0 Å². The first-order chi connectivity index (χ1) is 11.7. The highest BCUT2D eigenvalue weighted by Gasteiger charge is 2.10. The van der Waals surface area contributed by atoms with Crippen LogP contribution in [0.4, 0.5) is 0 Å². The van der Waals surface area contributed by atoms with Crippen LogP contribution in [0.15, 0.2) is 42.5 Å². The number of hydrogen-bond acceptors (Lipinski definition) is 4. The monoisotopic (exact) mass is 405 g/mol. The van der Waals surface area contributed by atoms with Crippen LogP contribution >= 0.6 is 35.6 Å². The summed E-state index contributed by atoms with van der Waals surface area (Å²) in [5.74, 6) is 0.497. The number of nitrogens with one attached hydrogen (secondary N) is 1. The van der Waals surface area contributed by atoms with Gasteiger partial charge >= 0.3 is 0 Å². The Balaban J connectivity index is 0.00000312. The number of aliphatic hydroxyl groups excluding tert-OH is 1. The van der Waals surface area contributed by atoms with E-state index in [2.05, 4.69) is 5.32 Å². The Labute approximate surface area is 164 Å². The normalized spacial score (nSPS) is 10.4. The first-order valence-corrected chi connectivity index (χ1v) is 8.50. The Morgan fingerprint density at radius 2 is 1.64 bits per heavy atom. The molecule has 0 spiro atoms. The van der Waals surface area contributed by atoms with Gasteiger partial charge in [0, 0.05) is 13.1 Å². The molecule has 0 saturated carbocycles. The van der Waals surface area contributed by atoms with Gasteiger partial charge in [0.25, 0.3) is 0 Å². The summed E-state index contributed by atoms with van der Waals surface area (Å²) in [5.41, 5.74) is 2.03. The molecule has 0 unspecified atom stereocenters. The van der Waals surface area contributed by atoms with E-state index in [9.17, 15) is 0 Å². The van der Waals surface area contributed by atoms with Crippen molar-refractivity contribution in [1.82, 2.24) is 5.32 Å². The molecule has 2 aromatic rings. The van der Waals surface area contributed by atoms with Gasteiger partial charge in [0.05, 0.1) is 29.9 Å². The van der Waals surface area contributed by atoms with Crippen LogP contribution in [0, 0.1) is 0 Å². The Morgan fingerprint density at radius 3 is 2.28 bits per heavy atom. The van der Waals surface area contributed by atoms with Crippen LogP contribution in [0.5, 0.6) is 5.75 Å². The first-order valence-electron chi connectivity index (χ1n) is 7.74. The predicted molar refractivity (Wildman–Crippen MR) is 104 cm³/mol. The summed E-state index contributed by atoms with van der Waals surface area (Å²) in [6.45, 7) is 2.66. The Bertz CT molecular complexity index is 603. The van der Waals surface area contributed by atoms with Crippen LogP contribution in [0.3, 0.4) is 0 Å². The molecule has 0 saturated heterocycles. The zero-order valence-electron chi connectivity index (χ0n) is 13.7. The molecule has 0 radical (unpaired) electrons. The van der Waals surface area contributed by atoms with Crippen LogP contribution in [0.2, 0.25) is 10.0 Å². The van der Waals surface area contributed by atoms with Crippen LogP contribution in [-0.4, -0.2) is 31.5 Å². The van der Waals surface area contributed by atoms with Crippen LogP contribution < -0.4 is 10.1 Å². The third-order valence-electron chi connectivity index (χ3n) is 3.27. The van der Waals surface area contributed by atoms with Gasteiger partial charge < -0.3 is 19.9 Å². The van der Waals surface area contributed by atoms with Crippen molar-refractivity contribution < 1.29 is 14.6 Å². The molecule has 0 amide bonds. The molecule has 25 heavy (non-hydrogen) atoms. The largest absolute Gasteiger partial charge is 0.486 e. The summed E-state index contributed by atoms with van der Waals surface area (Å²) < 4.78 is 10.9. The third-order valence-corrected chi connectivity index (χ3v) is 3.83. The van der Waals surface area contributed by atoms with Crippen molar-refractivity contribution in [3.63, 3.8) is 0 Å². The van der Waals surface area contributed by atoms with Crippen molar-refractivity contribution in [1.29, 1.82) is 0 Å². The van der Waals surface area contributed by atoms with Crippen LogP contribution in [0.1, 0.15) is 11.1 Å². The average molecular weight is 407 g/mol. The molecule has 0 bridgehead atoms. The van der Waals surface area contributed by atoms with Crippen molar-refractivity contribution in [2.24, 2.45) is 0 Å². The van der Waals surface area contributed by atoms with E-state index >= 15 is 0 Å². The van der Waals surface area contributed by atoms with Crippen molar-refractivity contribution in [3.8, 4) is 5.75 Å². The van der Waals surface area contributed by atoms with E-state index in [1.165, 1.54) is 0 Å². The van der Waals surface area contributed by atoms with Crippen molar-refractivity contribution in [3.05, 3.63) is 63.6 Å². The molecule has 2 N–H and O–H groups in total. The van der Waals surface area contributed by atoms with Gasteiger partial charge in [-0.15, -0.1) is 12.4 Å². The number of halogens is 3. The number of aliphatic hydroxyl groups is 1. The lowest BCUT2D eigenvalue weighted by Gasteiger charge is -2.12. The highest BCUT2D eigenvalue weighted by molar-refractivity contribution is 6.37. The molecule has 138 valence electrons. The second kappa shape index (κ2) is 12.4. The second-order valence-corrected chi connectivity index (χ2v) is 5.99. The first kappa shape index (κ1) is 22.0. The lowest BCUT2D eigenvalue weighted by atomic mass is 10.2. The summed E-state index contributed by atoms with van der Waals surface area (Å²) in [6.07, 6.45) is 0. The Hall–Kier alpha value is -1.01. The minimum Gasteiger partial charge on any atom is -0.486 e. The summed E-state index contributed by atoms with van der Waals surface area (Å²) in [5, 5.41) is 12.8. The minimum atomic E-state index is 0. The molecule has 7 heteroatoms. The fourth-order valence-corrected chi connectivity index (χ4v) is 2.77. The number of hydrogen-bond donors (Lipinski definition) is 2. The second-order valence-electron chi connectivity index (χ2n) is 5.18. The lowest BCUT2D eigenvalue weighted by molar-refractivity contribution is 0.0938. The summed E-state index contributed by atoms with van der Waals surface area (Å²) >= 11 is 12.6. The van der Waals surface area contributed by atoms with E-state index in [0.717, 1.165) is 11.1 Å². The molecular weight excluding hydrogens is 385 g/mol. The maximum Gasteiger partial charge on any atom is 0.156 e.